The van der Waals surface area contributed by atoms with Crippen LogP contribution in [0.15, 0.2) is 36.7 Å². The van der Waals surface area contributed by atoms with Gasteiger partial charge in [-0.3, -0.25) is 9.78 Å². The van der Waals surface area contributed by atoms with E-state index in [1.54, 1.807) is 10.6 Å². The first kappa shape index (κ1) is 20.9. The van der Waals surface area contributed by atoms with E-state index in [0.29, 0.717) is 41.8 Å². The minimum Gasteiger partial charge on any atom is -0.393 e. The van der Waals surface area contributed by atoms with Crippen molar-refractivity contribution in [2.45, 2.75) is 56.2 Å². The molecule has 0 spiro atoms. The third-order valence-electron chi connectivity index (χ3n) is 6.36. The van der Waals surface area contributed by atoms with E-state index in [0.717, 1.165) is 30.5 Å². The number of nitrogens with one attached hydrogen (secondary N) is 2. The second-order valence-corrected chi connectivity index (χ2v) is 8.84. The highest BCUT2D eigenvalue weighted by atomic mass is 16.3. The molecule has 0 aliphatic heterocycles. The zero-order valence-corrected chi connectivity index (χ0v) is 18.0. The van der Waals surface area contributed by atoms with Crippen molar-refractivity contribution in [1.29, 1.82) is 10.5 Å². The molecule has 0 saturated heterocycles. The van der Waals surface area contributed by atoms with Gasteiger partial charge in [0.15, 0.2) is 0 Å². The number of hydrogen-bond acceptors (Lipinski definition) is 7. The minimum atomic E-state index is -0.784. The Balaban J connectivity index is 1.52. The molecular weight excluding hydrogens is 418 g/mol. The quantitative estimate of drug-likeness (QED) is 0.553. The van der Waals surface area contributed by atoms with Gasteiger partial charge in [0.05, 0.1) is 52.1 Å². The van der Waals surface area contributed by atoms with Crippen molar-refractivity contribution >= 4 is 17.1 Å². The van der Waals surface area contributed by atoms with Crippen LogP contribution in [0.2, 0.25) is 0 Å². The van der Waals surface area contributed by atoms with Crippen molar-refractivity contribution in [3.05, 3.63) is 47.8 Å². The van der Waals surface area contributed by atoms with Crippen LogP contribution in [0.5, 0.6) is 0 Å². The van der Waals surface area contributed by atoms with Crippen LogP contribution in [0.3, 0.4) is 0 Å². The van der Waals surface area contributed by atoms with Crippen molar-refractivity contribution in [3.8, 4) is 23.5 Å². The lowest BCUT2D eigenvalue weighted by atomic mass is 9.92. The van der Waals surface area contributed by atoms with Gasteiger partial charge in [-0.1, -0.05) is 0 Å². The van der Waals surface area contributed by atoms with Gasteiger partial charge in [-0.05, 0) is 62.8 Å². The third kappa shape index (κ3) is 4.11. The van der Waals surface area contributed by atoms with Gasteiger partial charge >= 0.3 is 0 Å². The number of fused-ring (bicyclic) bond motifs is 1. The van der Waals surface area contributed by atoms with Crippen LogP contribution in [0.25, 0.3) is 16.9 Å². The van der Waals surface area contributed by atoms with Gasteiger partial charge in [0.25, 0.3) is 5.91 Å². The fraction of sp³-hybridized carbons (Fsp3) is 0.375. The lowest BCUT2D eigenvalue weighted by Crippen LogP contribution is -2.37. The third-order valence-corrected chi connectivity index (χ3v) is 6.36. The van der Waals surface area contributed by atoms with Crippen LogP contribution in [-0.4, -0.2) is 43.3 Å². The second kappa shape index (κ2) is 8.19. The van der Waals surface area contributed by atoms with E-state index < -0.39 is 5.54 Å². The molecule has 0 bridgehead atoms. The lowest BCUT2D eigenvalue weighted by molar-refractivity contribution is 0.0942. The maximum atomic E-state index is 13.0. The number of carbonyl (C=O) groups excluding carboxylic acids is 1. The number of rotatable bonds is 5. The topological polar surface area (TPSA) is 139 Å². The number of aliphatic hydroxyl groups excluding tert-OH is 1. The molecule has 2 atom stereocenters. The molecule has 3 heterocycles. The average molecular weight is 441 g/mol. The SMILES string of the molecule is N#Cc1cnn2c(-c3cc(N[C@H]4CCC[C@@H](O)C4)c(C(=O)NC4(C#N)CC4)cn3)ccc2c1. The van der Waals surface area contributed by atoms with Crippen LogP contribution in [-0.2, 0) is 0 Å². The van der Waals surface area contributed by atoms with Gasteiger partial charge in [0.1, 0.15) is 11.6 Å². The highest BCUT2D eigenvalue weighted by Gasteiger charge is 2.45. The number of aliphatic hydroxyl groups is 1. The first-order valence-electron chi connectivity index (χ1n) is 11.1. The summed E-state index contributed by atoms with van der Waals surface area (Å²) in [4.78, 5) is 17.5. The number of amides is 1. The van der Waals surface area contributed by atoms with Crippen LogP contribution in [0.4, 0.5) is 5.69 Å². The molecule has 2 aliphatic carbocycles. The number of anilines is 1. The molecule has 9 heteroatoms. The molecule has 2 aliphatic rings. The van der Waals surface area contributed by atoms with Gasteiger partial charge in [-0.2, -0.15) is 15.6 Å². The van der Waals surface area contributed by atoms with E-state index in [4.69, 9.17) is 5.26 Å². The minimum absolute atomic E-state index is 0.0294. The zero-order chi connectivity index (χ0) is 23.0. The smallest absolute Gasteiger partial charge is 0.256 e. The van der Waals surface area contributed by atoms with Gasteiger partial charge in [0, 0.05) is 12.2 Å². The number of aromatic nitrogens is 3. The molecule has 3 N–H and O–H groups in total. The predicted octanol–water partition coefficient (Wildman–Crippen LogP) is 2.77. The van der Waals surface area contributed by atoms with Gasteiger partial charge in [-0.25, -0.2) is 4.52 Å². The maximum Gasteiger partial charge on any atom is 0.256 e. The Kier molecular flexibility index (Phi) is 5.20. The molecule has 3 aromatic rings. The Bertz CT molecular complexity index is 1310. The molecule has 0 unspecified atom stereocenters. The summed E-state index contributed by atoms with van der Waals surface area (Å²) < 4.78 is 1.70. The molecule has 2 fully saturated rings. The summed E-state index contributed by atoms with van der Waals surface area (Å²) in [6, 6.07) is 11.6. The molecule has 166 valence electrons. The first-order chi connectivity index (χ1) is 16.0. The summed E-state index contributed by atoms with van der Waals surface area (Å²) >= 11 is 0. The molecular formula is C24H23N7O2. The normalized spacial score (nSPS) is 21.1. The van der Waals surface area contributed by atoms with Crippen molar-refractivity contribution < 1.29 is 9.90 Å². The van der Waals surface area contributed by atoms with Crippen molar-refractivity contribution in [2.75, 3.05) is 5.32 Å². The zero-order valence-electron chi connectivity index (χ0n) is 18.0. The maximum absolute atomic E-state index is 13.0. The van der Waals surface area contributed by atoms with Gasteiger partial charge in [-0.15, -0.1) is 0 Å². The Morgan fingerprint density at radius 3 is 2.79 bits per heavy atom. The van der Waals surface area contributed by atoms with Crippen molar-refractivity contribution in [3.63, 3.8) is 0 Å². The summed E-state index contributed by atoms with van der Waals surface area (Å²) in [6.45, 7) is 0. The van der Waals surface area contributed by atoms with E-state index in [2.05, 4.69) is 32.9 Å². The lowest BCUT2D eigenvalue weighted by Gasteiger charge is -2.28. The fourth-order valence-electron chi connectivity index (χ4n) is 4.34. The number of nitriles is 2. The van der Waals surface area contributed by atoms with Crippen LogP contribution >= 0.6 is 0 Å². The Morgan fingerprint density at radius 1 is 1.21 bits per heavy atom. The Hall–Kier alpha value is -3.95. The fourth-order valence-corrected chi connectivity index (χ4v) is 4.34. The van der Waals surface area contributed by atoms with Crippen molar-refractivity contribution in [1.82, 2.24) is 19.9 Å². The van der Waals surface area contributed by atoms with Crippen molar-refractivity contribution in [2.24, 2.45) is 0 Å². The molecule has 1 amide bonds. The van der Waals surface area contributed by atoms with E-state index in [1.165, 1.54) is 12.4 Å². The highest BCUT2D eigenvalue weighted by molar-refractivity contribution is 6.00. The van der Waals surface area contributed by atoms with Crippen LogP contribution < -0.4 is 10.6 Å². The number of pyridine rings is 1. The van der Waals surface area contributed by atoms with Gasteiger partial charge < -0.3 is 15.7 Å². The van der Waals surface area contributed by atoms with E-state index >= 15 is 0 Å². The molecule has 0 aromatic carbocycles. The molecule has 5 rings (SSSR count). The highest BCUT2D eigenvalue weighted by Crippen LogP contribution is 2.35. The largest absolute Gasteiger partial charge is 0.393 e. The predicted molar refractivity (Wildman–Crippen MR) is 120 cm³/mol. The summed E-state index contributed by atoms with van der Waals surface area (Å²) in [6.07, 6.45) is 7.12. The Morgan fingerprint density at radius 2 is 2.06 bits per heavy atom. The molecule has 3 aromatic heterocycles. The Labute approximate surface area is 190 Å². The average Bonchev–Trinajstić information content (AvgIpc) is 3.47. The number of hydrogen-bond donors (Lipinski definition) is 3. The van der Waals surface area contributed by atoms with Gasteiger partial charge in [0.2, 0.25) is 0 Å². The first-order valence-corrected chi connectivity index (χ1v) is 11.1. The molecule has 33 heavy (non-hydrogen) atoms. The second-order valence-electron chi connectivity index (χ2n) is 8.84. The molecule has 2 saturated carbocycles. The van der Waals surface area contributed by atoms with E-state index in [1.807, 2.05) is 18.2 Å². The summed E-state index contributed by atoms with van der Waals surface area (Å²) in [5, 5.41) is 39.2. The summed E-state index contributed by atoms with van der Waals surface area (Å²) in [7, 11) is 0. The number of carbonyl (C=O) groups is 1. The van der Waals surface area contributed by atoms with E-state index in [9.17, 15) is 15.2 Å². The molecule has 0 radical (unpaired) electrons. The van der Waals surface area contributed by atoms with E-state index in [-0.39, 0.29) is 18.1 Å². The van der Waals surface area contributed by atoms with Crippen LogP contribution in [0.1, 0.15) is 54.4 Å². The standard InChI is InChI=1S/C24H23N7O2/c25-11-15-8-17-4-5-22(31(17)28-12-15)21-10-20(29-16-2-1-3-18(32)9-16)19(13-27-21)23(33)30-24(14-26)6-7-24/h4-5,8,10,12-13,16,18,32H,1-3,6-7,9H2,(H,27,29)(H,30,33)/t16-,18+/m0/s1. The molecule has 9 nitrogen and oxygen atoms in total. The monoisotopic (exact) mass is 441 g/mol. The van der Waals surface area contributed by atoms with Crippen LogP contribution in [0, 0.1) is 22.7 Å². The number of nitrogens with zero attached hydrogens (tertiary/aromatic N) is 5. The summed E-state index contributed by atoms with van der Waals surface area (Å²) in [5.74, 6) is -0.344. The summed E-state index contributed by atoms with van der Waals surface area (Å²) in [5.41, 5.74) is 2.76.